The van der Waals surface area contributed by atoms with Crippen LogP contribution in [0.3, 0.4) is 0 Å². The third-order valence-electron chi connectivity index (χ3n) is 3.12. The highest BCUT2D eigenvalue weighted by molar-refractivity contribution is 5.89. The first-order chi connectivity index (χ1) is 9.10. The summed E-state index contributed by atoms with van der Waals surface area (Å²) in [4.78, 5) is 11.5. The van der Waals surface area contributed by atoms with Crippen LogP contribution in [0.25, 0.3) is 0 Å². The van der Waals surface area contributed by atoms with Crippen LogP contribution in [0.2, 0.25) is 0 Å². The fraction of sp³-hybridized carbons (Fsp3) is 0.188. The molecule has 0 aliphatic rings. The maximum atomic E-state index is 11.5. The van der Waals surface area contributed by atoms with Gasteiger partial charge in [-0.25, -0.2) is 4.79 Å². The van der Waals surface area contributed by atoms with Crippen LogP contribution in [0.1, 0.15) is 27.0 Å². The summed E-state index contributed by atoms with van der Waals surface area (Å²) >= 11 is 0. The predicted molar refractivity (Wildman–Crippen MR) is 76.2 cm³/mol. The largest absolute Gasteiger partial charge is 0.465 e. The number of esters is 1. The van der Waals surface area contributed by atoms with Crippen molar-refractivity contribution in [3.8, 4) is 0 Å². The molecule has 0 saturated heterocycles. The van der Waals surface area contributed by atoms with Crippen LogP contribution in [0, 0.1) is 6.92 Å². The first-order valence-corrected chi connectivity index (χ1v) is 6.12. The van der Waals surface area contributed by atoms with Gasteiger partial charge in [-0.1, -0.05) is 18.2 Å². The Kier molecular flexibility index (Phi) is 3.85. The Balaban J connectivity index is 2.28. The SMILES string of the molecule is COC(=O)c1cccc(Cc2cc(N)ccc2C)c1. The lowest BCUT2D eigenvalue weighted by atomic mass is 9.99. The molecule has 0 spiro atoms. The average Bonchev–Trinajstić information content (AvgIpc) is 2.42. The molecule has 2 aromatic rings. The van der Waals surface area contributed by atoms with Gasteiger partial charge in [-0.15, -0.1) is 0 Å². The number of nitrogens with two attached hydrogens (primary N) is 1. The van der Waals surface area contributed by atoms with Crippen molar-refractivity contribution >= 4 is 11.7 Å². The van der Waals surface area contributed by atoms with E-state index in [0.29, 0.717) is 5.56 Å². The fourth-order valence-corrected chi connectivity index (χ4v) is 2.03. The molecular formula is C16H17NO2. The molecule has 2 aromatic carbocycles. The molecule has 0 aromatic heterocycles. The highest BCUT2D eigenvalue weighted by atomic mass is 16.5. The number of rotatable bonds is 3. The van der Waals surface area contributed by atoms with Crippen LogP contribution in [0.4, 0.5) is 5.69 Å². The van der Waals surface area contributed by atoms with Gasteiger partial charge < -0.3 is 10.5 Å². The third kappa shape index (κ3) is 3.13. The molecule has 19 heavy (non-hydrogen) atoms. The van der Waals surface area contributed by atoms with Crippen LogP contribution in [-0.4, -0.2) is 13.1 Å². The minimum absolute atomic E-state index is 0.314. The Morgan fingerprint density at radius 1 is 1.21 bits per heavy atom. The summed E-state index contributed by atoms with van der Waals surface area (Å²) in [5.74, 6) is -0.314. The van der Waals surface area contributed by atoms with Crippen LogP contribution < -0.4 is 5.73 Å². The van der Waals surface area contributed by atoms with Crippen molar-refractivity contribution < 1.29 is 9.53 Å². The van der Waals surface area contributed by atoms with E-state index in [0.717, 1.165) is 17.7 Å². The first-order valence-electron chi connectivity index (χ1n) is 6.12. The Bertz CT molecular complexity index is 605. The number of methoxy groups -OCH3 is 1. The normalized spacial score (nSPS) is 10.2. The van der Waals surface area contributed by atoms with E-state index in [1.165, 1.54) is 18.2 Å². The topological polar surface area (TPSA) is 52.3 Å². The van der Waals surface area contributed by atoms with Gasteiger partial charge in [0.1, 0.15) is 0 Å². The fourth-order valence-electron chi connectivity index (χ4n) is 2.03. The maximum absolute atomic E-state index is 11.5. The molecular weight excluding hydrogens is 238 g/mol. The second-order valence-corrected chi connectivity index (χ2v) is 4.55. The molecule has 0 amide bonds. The quantitative estimate of drug-likeness (QED) is 0.677. The summed E-state index contributed by atoms with van der Waals surface area (Å²) < 4.78 is 4.73. The first kappa shape index (κ1) is 13.1. The van der Waals surface area contributed by atoms with Gasteiger partial charge in [0.15, 0.2) is 0 Å². The number of nitrogen functional groups attached to an aromatic ring is 1. The van der Waals surface area contributed by atoms with Gasteiger partial charge in [0.05, 0.1) is 12.7 Å². The van der Waals surface area contributed by atoms with Crippen molar-refractivity contribution in [2.24, 2.45) is 0 Å². The summed E-state index contributed by atoms with van der Waals surface area (Å²) in [6.07, 6.45) is 0.752. The van der Waals surface area contributed by atoms with Crippen LogP contribution in [-0.2, 0) is 11.2 Å². The average molecular weight is 255 g/mol. The zero-order valence-electron chi connectivity index (χ0n) is 11.1. The Labute approximate surface area is 113 Å². The second-order valence-electron chi connectivity index (χ2n) is 4.55. The van der Waals surface area contributed by atoms with Gasteiger partial charge in [0.2, 0.25) is 0 Å². The highest BCUT2D eigenvalue weighted by Gasteiger charge is 2.07. The minimum atomic E-state index is -0.314. The van der Waals surface area contributed by atoms with Gasteiger partial charge in [0, 0.05) is 5.69 Å². The third-order valence-corrected chi connectivity index (χ3v) is 3.12. The Hall–Kier alpha value is -2.29. The predicted octanol–water partition coefficient (Wildman–Crippen LogP) is 2.95. The Morgan fingerprint density at radius 2 is 2.00 bits per heavy atom. The maximum Gasteiger partial charge on any atom is 0.337 e. The zero-order valence-corrected chi connectivity index (χ0v) is 11.1. The van der Waals surface area contributed by atoms with Gasteiger partial charge in [0.25, 0.3) is 0 Å². The molecule has 0 aliphatic carbocycles. The molecule has 0 aliphatic heterocycles. The van der Waals surface area contributed by atoms with Crippen molar-refractivity contribution in [3.05, 3.63) is 64.7 Å². The summed E-state index contributed by atoms with van der Waals surface area (Å²) in [6.45, 7) is 2.05. The van der Waals surface area contributed by atoms with Crippen LogP contribution in [0.5, 0.6) is 0 Å². The number of hydrogen-bond donors (Lipinski definition) is 1. The van der Waals surface area contributed by atoms with Gasteiger partial charge in [-0.3, -0.25) is 0 Å². The van der Waals surface area contributed by atoms with E-state index in [2.05, 4.69) is 6.92 Å². The van der Waals surface area contributed by atoms with Crippen molar-refractivity contribution in [1.29, 1.82) is 0 Å². The van der Waals surface area contributed by atoms with E-state index in [1.54, 1.807) is 6.07 Å². The number of benzene rings is 2. The Morgan fingerprint density at radius 3 is 2.74 bits per heavy atom. The molecule has 3 nitrogen and oxygen atoms in total. The summed E-state index contributed by atoms with van der Waals surface area (Å²) in [5.41, 5.74) is 10.6. The van der Waals surface area contributed by atoms with E-state index < -0.39 is 0 Å². The second kappa shape index (κ2) is 5.57. The van der Waals surface area contributed by atoms with Crippen molar-refractivity contribution in [2.75, 3.05) is 12.8 Å². The van der Waals surface area contributed by atoms with Crippen molar-refractivity contribution in [2.45, 2.75) is 13.3 Å². The van der Waals surface area contributed by atoms with E-state index >= 15 is 0 Å². The standard InChI is InChI=1S/C16H17NO2/c1-11-6-7-15(17)10-14(11)9-12-4-3-5-13(8-12)16(18)19-2/h3-8,10H,9,17H2,1-2H3. The van der Waals surface area contributed by atoms with Crippen LogP contribution in [0.15, 0.2) is 42.5 Å². The molecule has 0 heterocycles. The highest BCUT2D eigenvalue weighted by Crippen LogP contribution is 2.18. The van der Waals surface area contributed by atoms with E-state index in [-0.39, 0.29) is 5.97 Å². The lowest BCUT2D eigenvalue weighted by molar-refractivity contribution is 0.0600. The van der Waals surface area contributed by atoms with Crippen molar-refractivity contribution in [3.63, 3.8) is 0 Å². The molecule has 0 bridgehead atoms. The molecule has 2 N–H and O–H groups in total. The van der Waals surface area contributed by atoms with Gasteiger partial charge >= 0.3 is 5.97 Å². The lowest BCUT2D eigenvalue weighted by Gasteiger charge is -2.08. The molecule has 0 atom stereocenters. The molecule has 0 fully saturated rings. The van der Waals surface area contributed by atoms with Gasteiger partial charge in [-0.05, 0) is 54.3 Å². The number of hydrogen-bond acceptors (Lipinski definition) is 3. The number of anilines is 1. The molecule has 3 heteroatoms. The summed E-state index contributed by atoms with van der Waals surface area (Å²) in [7, 11) is 1.39. The number of ether oxygens (including phenoxy) is 1. The van der Waals surface area contributed by atoms with Gasteiger partial charge in [-0.2, -0.15) is 0 Å². The molecule has 0 unspecified atom stereocenters. The molecule has 0 saturated carbocycles. The smallest absolute Gasteiger partial charge is 0.337 e. The molecule has 2 rings (SSSR count). The number of carbonyl (C=O) groups is 1. The zero-order chi connectivity index (χ0) is 13.8. The summed E-state index contributed by atoms with van der Waals surface area (Å²) in [6, 6.07) is 13.3. The number of carbonyl (C=O) groups excluding carboxylic acids is 1. The van der Waals surface area contributed by atoms with Crippen LogP contribution >= 0.6 is 0 Å². The van der Waals surface area contributed by atoms with E-state index in [4.69, 9.17) is 10.5 Å². The number of aryl methyl sites for hydroxylation is 1. The van der Waals surface area contributed by atoms with Crippen molar-refractivity contribution in [1.82, 2.24) is 0 Å². The monoisotopic (exact) mass is 255 g/mol. The molecule has 98 valence electrons. The summed E-state index contributed by atoms with van der Waals surface area (Å²) in [5, 5.41) is 0. The lowest BCUT2D eigenvalue weighted by Crippen LogP contribution is -2.02. The minimum Gasteiger partial charge on any atom is -0.465 e. The van der Waals surface area contributed by atoms with E-state index in [1.807, 2.05) is 36.4 Å². The van der Waals surface area contributed by atoms with E-state index in [9.17, 15) is 4.79 Å². The molecule has 0 radical (unpaired) electrons.